The van der Waals surface area contributed by atoms with Crippen LogP contribution < -0.4 is 10.6 Å². The number of nitrogens with zero attached hydrogens (tertiary/aromatic N) is 2. The number of aryl methyl sites for hydroxylation is 2. The van der Waals surface area contributed by atoms with Crippen LogP contribution in [-0.2, 0) is 13.1 Å². The lowest BCUT2D eigenvalue weighted by molar-refractivity contribution is 0.865. The van der Waals surface area contributed by atoms with E-state index in [4.69, 9.17) is 5.73 Å². The first-order valence-electron chi connectivity index (χ1n) is 6.64. The van der Waals surface area contributed by atoms with Gasteiger partial charge in [0.05, 0.1) is 0 Å². The van der Waals surface area contributed by atoms with Gasteiger partial charge in [-0.25, -0.2) is 4.98 Å². The number of anilines is 1. The van der Waals surface area contributed by atoms with Crippen molar-refractivity contribution in [1.82, 2.24) is 4.98 Å². The van der Waals surface area contributed by atoms with Gasteiger partial charge in [0.15, 0.2) is 0 Å². The highest BCUT2D eigenvalue weighted by Gasteiger charge is 2.12. The summed E-state index contributed by atoms with van der Waals surface area (Å²) in [5.41, 5.74) is 10.5. The molecule has 0 bridgehead atoms. The maximum absolute atomic E-state index is 5.88. The first kappa shape index (κ1) is 15.0. The van der Waals surface area contributed by atoms with E-state index in [-0.39, 0.29) is 0 Å². The summed E-state index contributed by atoms with van der Waals surface area (Å²) in [6.45, 7) is 5.44. The highest BCUT2D eigenvalue weighted by Crippen LogP contribution is 2.23. The predicted molar refractivity (Wildman–Crippen MR) is 87.9 cm³/mol. The van der Waals surface area contributed by atoms with Crippen LogP contribution in [0.15, 0.2) is 34.8 Å². The van der Waals surface area contributed by atoms with E-state index in [2.05, 4.69) is 70.1 Å². The lowest BCUT2D eigenvalue weighted by atomic mass is 10.1. The average Bonchev–Trinajstić information content (AvgIpc) is 2.40. The zero-order chi connectivity index (χ0) is 14.7. The fourth-order valence-electron chi connectivity index (χ4n) is 2.35. The van der Waals surface area contributed by atoms with Crippen LogP contribution in [0.1, 0.15) is 22.4 Å². The molecule has 0 amide bonds. The molecule has 106 valence electrons. The topological polar surface area (TPSA) is 42.1 Å². The minimum absolute atomic E-state index is 0.513. The van der Waals surface area contributed by atoms with Crippen LogP contribution >= 0.6 is 15.9 Å². The third-order valence-corrected chi connectivity index (χ3v) is 3.88. The largest absolute Gasteiger partial charge is 0.355 e. The molecule has 0 spiro atoms. The van der Waals surface area contributed by atoms with Gasteiger partial charge >= 0.3 is 0 Å². The number of hydrogen-bond donors (Lipinski definition) is 1. The summed E-state index contributed by atoms with van der Waals surface area (Å²) < 4.78 is 1.09. The fraction of sp³-hybridized carbons (Fsp3) is 0.312. The minimum Gasteiger partial charge on any atom is -0.355 e. The molecule has 20 heavy (non-hydrogen) atoms. The standard InChI is InChI=1S/C16H20BrN3/c1-11-8-12(2)19-16(15(11)9-18)20(3)10-13-4-6-14(17)7-5-13/h4-8H,9-10,18H2,1-3H3. The van der Waals surface area contributed by atoms with Crippen LogP contribution in [-0.4, -0.2) is 12.0 Å². The van der Waals surface area contributed by atoms with Crippen molar-refractivity contribution in [3.8, 4) is 0 Å². The Morgan fingerprint density at radius 2 is 1.85 bits per heavy atom. The minimum atomic E-state index is 0.513. The second-order valence-electron chi connectivity index (χ2n) is 5.07. The first-order chi connectivity index (χ1) is 9.51. The third kappa shape index (κ3) is 3.38. The van der Waals surface area contributed by atoms with Crippen molar-refractivity contribution in [2.45, 2.75) is 26.9 Å². The number of hydrogen-bond acceptors (Lipinski definition) is 3. The number of nitrogens with two attached hydrogens (primary N) is 1. The molecular formula is C16H20BrN3. The van der Waals surface area contributed by atoms with Gasteiger partial charge in [0.25, 0.3) is 0 Å². The second kappa shape index (κ2) is 6.37. The molecule has 1 aromatic heterocycles. The molecule has 0 aliphatic heterocycles. The summed E-state index contributed by atoms with van der Waals surface area (Å²) in [6, 6.07) is 10.4. The summed E-state index contributed by atoms with van der Waals surface area (Å²) in [5, 5.41) is 0. The molecule has 4 heteroatoms. The van der Waals surface area contributed by atoms with Crippen molar-refractivity contribution in [3.63, 3.8) is 0 Å². The molecule has 2 rings (SSSR count). The average molecular weight is 334 g/mol. The Labute approximate surface area is 129 Å². The van der Waals surface area contributed by atoms with Crippen molar-refractivity contribution in [3.05, 3.63) is 57.2 Å². The number of aromatic nitrogens is 1. The SMILES string of the molecule is Cc1cc(C)c(CN)c(N(C)Cc2ccc(Br)cc2)n1. The van der Waals surface area contributed by atoms with Gasteiger partial charge in [-0.1, -0.05) is 28.1 Å². The quantitative estimate of drug-likeness (QED) is 0.930. The van der Waals surface area contributed by atoms with E-state index >= 15 is 0 Å². The fourth-order valence-corrected chi connectivity index (χ4v) is 2.61. The number of pyridine rings is 1. The van der Waals surface area contributed by atoms with Gasteiger partial charge in [-0.15, -0.1) is 0 Å². The molecule has 2 aromatic rings. The smallest absolute Gasteiger partial charge is 0.133 e. The molecular weight excluding hydrogens is 314 g/mol. The van der Waals surface area contributed by atoms with E-state index < -0.39 is 0 Å². The van der Waals surface area contributed by atoms with E-state index in [1.165, 1.54) is 11.1 Å². The lowest BCUT2D eigenvalue weighted by Crippen LogP contribution is -2.21. The molecule has 1 heterocycles. The lowest BCUT2D eigenvalue weighted by Gasteiger charge is -2.23. The predicted octanol–water partition coefficient (Wildman–Crippen LogP) is 3.56. The van der Waals surface area contributed by atoms with Gasteiger partial charge in [0.1, 0.15) is 5.82 Å². The maximum Gasteiger partial charge on any atom is 0.133 e. The highest BCUT2D eigenvalue weighted by atomic mass is 79.9. The van der Waals surface area contributed by atoms with E-state index in [1.807, 2.05) is 6.92 Å². The summed E-state index contributed by atoms with van der Waals surface area (Å²) in [7, 11) is 2.06. The highest BCUT2D eigenvalue weighted by molar-refractivity contribution is 9.10. The molecule has 1 aromatic carbocycles. The summed E-state index contributed by atoms with van der Waals surface area (Å²) in [5.74, 6) is 0.980. The molecule has 0 saturated heterocycles. The van der Waals surface area contributed by atoms with Crippen molar-refractivity contribution in [1.29, 1.82) is 0 Å². The van der Waals surface area contributed by atoms with Gasteiger partial charge < -0.3 is 10.6 Å². The number of benzene rings is 1. The molecule has 0 unspecified atom stereocenters. The van der Waals surface area contributed by atoms with Gasteiger partial charge in [0.2, 0.25) is 0 Å². The molecule has 2 N–H and O–H groups in total. The normalized spacial score (nSPS) is 10.7. The molecule has 0 atom stereocenters. The Bertz CT molecular complexity index is 593. The van der Waals surface area contributed by atoms with Crippen LogP contribution in [0.5, 0.6) is 0 Å². The Kier molecular flexibility index (Phi) is 4.78. The monoisotopic (exact) mass is 333 g/mol. The van der Waals surface area contributed by atoms with E-state index in [1.54, 1.807) is 0 Å². The number of rotatable bonds is 4. The molecule has 0 radical (unpaired) electrons. The maximum atomic E-state index is 5.88. The van der Waals surface area contributed by atoms with E-state index in [0.29, 0.717) is 6.54 Å². The van der Waals surface area contributed by atoms with Crippen molar-refractivity contribution < 1.29 is 0 Å². The number of halogens is 1. The van der Waals surface area contributed by atoms with E-state index in [9.17, 15) is 0 Å². The van der Waals surface area contributed by atoms with Crippen LogP contribution in [0, 0.1) is 13.8 Å². The van der Waals surface area contributed by atoms with Crippen molar-refractivity contribution in [2.24, 2.45) is 5.73 Å². The zero-order valence-electron chi connectivity index (χ0n) is 12.2. The van der Waals surface area contributed by atoms with Gasteiger partial charge in [-0.2, -0.15) is 0 Å². The molecule has 0 saturated carbocycles. The van der Waals surface area contributed by atoms with Crippen molar-refractivity contribution in [2.75, 3.05) is 11.9 Å². The van der Waals surface area contributed by atoms with Crippen LogP contribution in [0.25, 0.3) is 0 Å². The molecule has 0 aliphatic carbocycles. The van der Waals surface area contributed by atoms with E-state index in [0.717, 1.165) is 28.1 Å². The van der Waals surface area contributed by atoms with Gasteiger partial charge in [0, 0.05) is 35.9 Å². The summed E-state index contributed by atoms with van der Waals surface area (Å²) in [6.07, 6.45) is 0. The van der Waals surface area contributed by atoms with Gasteiger partial charge in [-0.05, 0) is 43.2 Å². The second-order valence-corrected chi connectivity index (χ2v) is 5.99. The molecule has 0 aliphatic rings. The Balaban J connectivity index is 2.28. The third-order valence-electron chi connectivity index (χ3n) is 3.35. The Morgan fingerprint density at radius 3 is 2.45 bits per heavy atom. The van der Waals surface area contributed by atoms with Crippen LogP contribution in [0.3, 0.4) is 0 Å². The summed E-state index contributed by atoms with van der Waals surface area (Å²) in [4.78, 5) is 6.81. The Hall–Kier alpha value is -1.39. The molecule has 3 nitrogen and oxygen atoms in total. The Morgan fingerprint density at radius 1 is 1.20 bits per heavy atom. The first-order valence-corrected chi connectivity index (χ1v) is 7.43. The summed E-state index contributed by atoms with van der Waals surface area (Å²) >= 11 is 3.46. The van der Waals surface area contributed by atoms with Gasteiger partial charge in [-0.3, -0.25) is 0 Å². The zero-order valence-corrected chi connectivity index (χ0v) is 13.7. The molecule has 0 fully saturated rings. The van der Waals surface area contributed by atoms with Crippen LogP contribution in [0.2, 0.25) is 0 Å². The van der Waals surface area contributed by atoms with Crippen LogP contribution in [0.4, 0.5) is 5.82 Å². The van der Waals surface area contributed by atoms with Crippen molar-refractivity contribution >= 4 is 21.7 Å².